The molecule has 3 aromatic rings. The zero-order valence-corrected chi connectivity index (χ0v) is 38.0. The van der Waals surface area contributed by atoms with Gasteiger partial charge in [0.2, 0.25) is 17.7 Å². The first-order valence-corrected chi connectivity index (χ1v) is 25.3. The Labute approximate surface area is 369 Å². The fourth-order valence-corrected chi connectivity index (χ4v) is 10.1. The summed E-state index contributed by atoms with van der Waals surface area (Å²) in [4.78, 5) is 91.6. The van der Waals surface area contributed by atoms with E-state index < -0.39 is 78.6 Å². The van der Waals surface area contributed by atoms with E-state index in [1.807, 2.05) is 6.20 Å². The van der Waals surface area contributed by atoms with Crippen LogP contribution in [0.25, 0.3) is 11.2 Å². The number of H-pyrrole nitrogens is 1. The number of nitrogens with two attached hydrogens (primary N) is 1. The average molecular weight is 984 g/mol. The Hall–Kier alpha value is -3.62. The summed E-state index contributed by atoms with van der Waals surface area (Å²) < 4.78 is 62.4. The number of carbonyl (C=O) groups is 3. The Kier molecular flexibility index (Phi) is 17.9. The second-order valence-electron chi connectivity index (χ2n) is 15.2. The molecule has 3 unspecified atom stereocenters. The van der Waals surface area contributed by atoms with Gasteiger partial charge in [0.15, 0.2) is 17.7 Å². The summed E-state index contributed by atoms with van der Waals surface area (Å²) in [5.41, 5.74) is 8.01. The van der Waals surface area contributed by atoms with E-state index >= 15 is 0 Å². The lowest BCUT2D eigenvalue weighted by Gasteiger charge is -2.30. The van der Waals surface area contributed by atoms with E-state index in [0.717, 1.165) is 36.5 Å². The topological polar surface area (TPSA) is 391 Å². The molecule has 7 atom stereocenters. The standard InChI is InChI=1S/C34H52N9O17P3S/c1-34(2,29(47)32(48)38-11-8-24(44)37-12-14-64-13-9-25(45)36-10-7-20-15-39-22-6-4-3-5-21(20)22)17-57-63(54,55)60-62(52,53)56-16-23-28(59-61(49,50)51)27(46)33(58-23)43-19-42-26-30(35)40-18-41-31(26)43/h3-4,15,18-19,23,27-29,33,39,46-47H,5-14,16-17H2,1-2H3,(H,36,45)(H,37,44)(H,38,48)(H,52,53)(H,54,55)(H2,35,40,41)(H2,49,50,51)/t23-,27+,28-,29+,33?/m1/s1. The van der Waals surface area contributed by atoms with Crippen LogP contribution in [-0.2, 0) is 70.0 Å². The highest BCUT2D eigenvalue weighted by atomic mass is 32.2. The number of amides is 3. The van der Waals surface area contributed by atoms with Crippen LogP contribution >= 0.6 is 35.2 Å². The quantitative estimate of drug-likeness (QED) is 0.0299. The summed E-state index contributed by atoms with van der Waals surface area (Å²) in [5, 5.41) is 29.5. The van der Waals surface area contributed by atoms with Crippen molar-refractivity contribution in [1.82, 2.24) is 40.5 Å². The second-order valence-corrected chi connectivity index (χ2v) is 20.6. The number of nitrogens with zero attached hydrogens (tertiary/aromatic N) is 4. The fraction of sp³-hybridized carbons (Fsp3) is 0.588. The van der Waals surface area contributed by atoms with Crippen LogP contribution < -0.4 is 21.7 Å². The lowest BCUT2D eigenvalue weighted by Crippen LogP contribution is -2.46. The number of hydrogen-bond acceptors (Lipinski definition) is 18. The molecule has 0 bridgehead atoms. The molecule has 2 aliphatic rings. The van der Waals surface area contributed by atoms with Gasteiger partial charge in [0.25, 0.3) is 0 Å². The number of thioether (sulfide) groups is 1. The molecular formula is C34H52N9O17P3S. The molecule has 1 saturated heterocycles. The van der Waals surface area contributed by atoms with Crippen LogP contribution in [0, 0.1) is 5.41 Å². The molecule has 0 aromatic carbocycles. The molecule has 0 saturated carbocycles. The van der Waals surface area contributed by atoms with Gasteiger partial charge < -0.3 is 61.2 Å². The highest BCUT2D eigenvalue weighted by Crippen LogP contribution is 2.61. The highest BCUT2D eigenvalue weighted by molar-refractivity contribution is 7.99. The molecule has 4 heterocycles. The van der Waals surface area contributed by atoms with Gasteiger partial charge in [0, 0.05) is 67.7 Å². The van der Waals surface area contributed by atoms with E-state index in [9.17, 15) is 57.9 Å². The minimum absolute atomic E-state index is 0.0311. The van der Waals surface area contributed by atoms with Crippen molar-refractivity contribution in [1.29, 1.82) is 0 Å². The summed E-state index contributed by atoms with van der Waals surface area (Å²) in [7, 11) is -16.4. The molecule has 1 aliphatic heterocycles. The molecule has 30 heteroatoms. The van der Waals surface area contributed by atoms with Crippen LogP contribution in [0.2, 0.25) is 0 Å². The third-order valence-corrected chi connectivity index (χ3v) is 13.9. The zero-order valence-electron chi connectivity index (χ0n) is 34.5. The molecule has 26 nitrogen and oxygen atoms in total. The number of aliphatic hydroxyl groups is 2. The van der Waals surface area contributed by atoms with E-state index in [2.05, 4.69) is 56.9 Å². The molecule has 3 amide bonds. The zero-order chi connectivity index (χ0) is 46.9. The number of aliphatic hydroxyl groups excluding tert-OH is 2. The predicted octanol–water partition coefficient (Wildman–Crippen LogP) is -0.130. The summed E-state index contributed by atoms with van der Waals surface area (Å²) >= 11 is 1.49. The van der Waals surface area contributed by atoms with Gasteiger partial charge in [-0.05, 0) is 24.0 Å². The molecule has 0 radical (unpaired) electrons. The molecular weight excluding hydrogens is 931 g/mol. The van der Waals surface area contributed by atoms with Crippen LogP contribution in [0.15, 0.2) is 31.0 Å². The van der Waals surface area contributed by atoms with Gasteiger partial charge in [-0.1, -0.05) is 26.0 Å². The maximum atomic E-state index is 12.7. The van der Waals surface area contributed by atoms with Gasteiger partial charge in [-0.25, -0.2) is 28.6 Å². The Morgan fingerprint density at radius 1 is 0.984 bits per heavy atom. The number of hydrogen-bond donors (Lipinski definition) is 11. The normalized spacial score (nSPS) is 21.2. The van der Waals surface area contributed by atoms with Gasteiger partial charge >= 0.3 is 23.5 Å². The van der Waals surface area contributed by atoms with Crippen molar-refractivity contribution >= 4 is 69.9 Å². The Balaban J connectivity index is 0.970. The number of anilines is 1. The van der Waals surface area contributed by atoms with Crippen LogP contribution in [-0.4, -0.2) is 141 Å². The second kappa shape index (κ2) is 22.2. The molecule has 12 N–H and O–H groups in total. The van der Waals surface area contributed by atoms with E-state index in [1.165, 1.54) is 42.4 Å². The number of rotatable bonds is 25. The lowest BCUT2D eigenvalue weighted by molar-refractivity contribution is -0.137. The van der Waals surface area contributed by atoms with Gasteiger partial charge in [-0.3, -0.25) is 32.5 Å². The minimum atomic E-state index is -5.58. The first kappa shape index (κ1) is 51.4. The molecule has 5 rings (SSSR count). The van der Waals surface area contributed by atoms with Crippen LogP contribution in [0.5, 0.6) is 0 Å². The number of fused-ring (bicyclic) bond motifs is 2. The number of aromatic nitrogens is 5. The number of phosphoric ester groups is 3. The van der Waals surface area contributed by atoms with Crippen molar-refractivity contribution < 1.29 is 80.5 Å². The molecule has 1 fully saturated rings. The molecule has 3 aromatic heterocycles. The number of allylic oxidation sites excluding steroid dienone is 2. The van der Waals surface area contributed by atoms with Crippen LogP contribution in [0.4, 0.5) is 5.82 Å². The van der Waals surface area contributed by atoms with E-state index in [0.29, 0.717) is 31.0 Å². The van der Waals surface area contributed by atoms with Crippen LogP contribution in [0.3, 0.4) is 0 Å². The van der Waals surface area contributed by atoms with Crippen molar-refractivity contribution in [2.45, 2.75) is 76.6 Å². The van der Waals surface area contributed by atoms with Gasteiger partial charge in [-0.2, -0.15) is 16.1 Å². The number of nitrogens with one attached hydrogen (secondary N) is 4. The number of nitrogen functional groups attached to an aromatic ring is 1. The number of phosphoric acid groups is 3. The van der Waals surface area contributed by atoms with Crippen molar-refractivity contribution in [2.75, 3.05) is 50.1 Å². The monoisotopic (exact) mass is 983 g/mol. The van der Waals surface area contributed by atoms with Gasteiger partial charge in [-0.15, -0.1) is 0 Å². The maximum Gasteiger partial charge on any atom is 0.481 e. The molecule has 64 heavy (non-hydrogen) atoms. The minimum Gasteiger partial charge on any atom is -0.386 e. The number of imidazole rings is 1. The summed E-state index contributed by atoms with van der Waals surface area (Å²) in [6, 6.07) is 0. The molecule has 0 spiro atoms. The predicted molar refractivity (Wildman–Crippen MR) is 226 cm³/mol. The smallest absolute Gasteiger partial charge is 0.386 e. The maximum absolute atomic E-state index is 12.7. The van der Waals surface area contributed by atoms with Crippen LogP contribution in [0.1, 0.15) is 49.7 Å². The van der Waals surface area contributed by atoms with E-state index in [4.69, 9.17) is 19.5 Å². The van der Waals surface area contributed by atoms with E-state index in [1.54, 1.807) is 0 Å². The SMILES string of the molecule is CC(C)(COP(=O)(O)OP(=O)(O)OC[C@H]1OC(n2cnc3c(N)ncnc32)[C@@H](O)[C@@H]1OP(=O)(O)O)[C@@H](O)C(=O)NCCC(=O)NCCSCCC(=O)NCCc1c[nH]c2c1CC=CC2. The Morgan fingerprint density at radius 2 is 1.69 bits per heavy atom. The summed E-state index contributed by atoms with van der Waals surface area (Å²) in [5.74, 6) is -0.345. The van der Waals surface area contributed by atoms with Gasteiger partial charge in [0.1, 0.15) is 36.3 Å². The van der Waals surface area contributed by atoms with Crippen molar-refractivity contribution in [3.8, 4) is 0 Å². The van der Waals surface area contributed by atoms with Gasteiger partial charge in [0.05, 0.1) is 19.5 Å². The Morgan fingerprint density at radius 3 is 2.44 bits per heavy atom. The largest absolute Gasteiger partial charge is 0.481 e. The number of ether oxygens (including phenoxy) is 1. The first-order valence-electron chi connectivity index (χ1n) is 19.6. The first-order chi connectivity index (χ1) is 30.1. The third-order valence-electron chi connectivity index (χ3n) is 9.82. The lowest BCUT2D eigenvalue weighted by atomic mass is 9.87. The molecule has 1 aliphatic carbocycles. The molecule has 356 valence electrons. The Bertz CT molecular complexity index is 2290. The van der Waals surface area contributed by atoms with E-state index in [-0.39, 0.29) is 41.8 Å². The highest BCUT2D eigenvalue weighted by Gasteiger charge is 2.50. The number of carbonyl (C=O) groups excluding carboxylic acids is 3. The average Bonchev–Trinajstić information content (AvgIpc) is 3.92. The van der Waals surface area contributed by atoms with Crippen molar-refractivity contribution in [3.05, 3.63) is 47.8 Å². The van der Waals surface area contributed by atoms with Crippen molar-refractivity contribution in [2.24, 2.45) is 5.41 Å². The van der Waals surface area contributed by atoms with Crippen molar-refractivity contribution in [3.63, 3.8) is 0 Å². The fourth-order valence-electron chi connectivity index (χ4n) is 6.50. The number of aromatic amines is 1. The summed E-state index contributed by atoms with van der Waals surface area (Å²) in [6.07, 6.45) is 2.25. The summed E-state index contributed by atoms with van der Waals surface area (Å²) in [6.45, 7) is 1.19. The third kappa shape index (κ3) is 14.7.